The van der Waals surface area contributed by atoms with Crippen LogP contribution in [-0.2, 0) is 11.2 Å². The summed E-state index contributed by atoms with van der Waals surface area (Å²) in [6.45, 7) is 0. The number of aromatic amines is 1. The van der Waals surface area contributed by atoms with Crippen molar-refractivity contribution >= 4 is 5.97 Å². The molecule has 1 aromatic rings. The second kappa shape index (κ2) is 8.73. The average molecular weight is 239 g/mol. The lowest BCUT2D eigenvalue weighted by atomic mass is 10.1. The number of carboxylic acid groups (broad SMARTS) is 1. The van der Waals surface area contributed by atoms with Crippen LogP contribution in [-0.4, -0.2) is 26.3 Å². The third kappa shape index (κ3) is 7.49. The van der Waals surface area contributed by atoms with Gasteiger partial charge in [0.15, 0.2) is 0 Å². The van der Waals surface area contributed by atoms with E-state index in [1.165, 1.54) is 25.6 Å². The SMILES string of the molecule is O=C(O)CCCCCCCCCc1ncn[nH]1. The van der Waals surface area contributed by atoms with Crippen molar-refractivity contribution in [1.29, 1.82) is 0 Å². The molecule has 0 spiro atoms. The van der Waals surface area contributed by atoms with Crippen LogP contribution in [0.4, 0.5) is 0 Å². The molecular weight excluding hydrogens is 218 g/mol. The molecule has 96 valence electrons. The molecule has 5 heteroatoms. The van der Waals surface area contributed by atoms with E-state index in [0.29, 0.717) is 6.42 Å². The predicted molar refractivity (Wildman–Crippen MR) is 64.7 cm³/mol. The van der Waals surface area contributed by atoms with Crippen molar-refractivity contribution in [2.24, 2.45) is 0 Å². The Balaban J connectivity index is 1.80. The van der Waals surface area contributed by atoms with Gasteiger partial charge in [-0.05, 0) is 12.8 Å². The highest BCUT2D eigenvalue weighted by atomic mass is 16.4. The first-order valence-corrected chi connectivity index (χ1v) is 6.35. The van der Waals surface area contributed by atoms with Gasteiger partial charge in [0.1, 0.15) is 12.2 Å². The molecule has 0 bridgehead atoms. The molecule has 2 N–H and O–H groups in total. The number of hydrogen-bond acceptors (Lipinski definition) is 3. The summed E-state index contributed by atoms with van der Waals surface area (Å²) in [4.78, 5) is 14.3. The standard InChI is InChI=1S/C12H21N3O2/c16-12(17)9-7-5-3-1-2-4-6-8-11-13-10-14-15-11/h10H,1-9H2,(H,16,17)(H,13,14,15). The highest BCUT2D eigenvalue weighted by Crippen LogP contribution is 2.09. The number of rotatable bonds is 10. The molecule has 5 nitrogen and oxygen atoms in total. The summed E-state index contributed by atoms with van der Waals surface area (Å²) < 4.78 is 0. The fraction of sp³-hybridized carbons (Fsp3) is 0.750. The minimum atomic E-state index is -0.683. The summed E-state index contributed by atoms with van der Waals surface area (Å²) in [6, 6.07) is 0. The Morgan fingerprint density at radius 2 is 1.76 bits per heavy atom. The molecule has 0 fully saturated rings. The summed E-state index contributed by atoms with van der Waals surface area (Å²) in [5.41, 5.74) is 0. The highest BCUT2D eigenvalue weighted by molar-refractivity contribution is 5.66. The maximum absolute atomic E-state index is 10.3. The molecule has 1 rings (SSSR count). The lowest BCUT2D eigenvalue weighted by Gasteiger charge is -2.00. The van der Waals surface area contributed by atoms with Crippen LogP contribution in [0.25, 0.3) is 0 Å². The molecule has 17 heavy (non-hydrogen) atoms. The number of nitrogens with zero attached hydrogens (tertiary/aromatic N) is 2. The summed E-state index contributed by atoms with van der Waals surface area (Å²) in [7, 11) is 0. The Labute approximate surface area is 102 Å². The molecule has 1 heterocycles. The summed E-state index contributed by atoms with van der Waals surface area (Å²) >= 11 is 0. The van der Waals surface area contributed by atoms with Crippen LogP contribution in [0.3, 0.4) is 0 Å². The Morgan fingerprint density at radius 3 is 2.35 bits per heavy atom. The molecule has 0 unspecified atom stereocenters. The van der Waals surface area contributed by atoms with Gasteiger partial charge in [0.25, 0.3) is 0 Å². The third-order valence-electron chi connectivity index (χ3n) is 2.77. The Hall–Kier alpha value is -1.39. The molecule has 0 saturated heterocycles. The molecule has 0 atom stereocenters. The van der Waals surface area contributed by atoms with Gasteiger partial charge >= 0.3 is 5.97 Å². The van der Waals surface area contributed by atoms with Gasteiger partial charge in [-0.1, -0.05) is 32.1 Å². The van der Waals surface area contributed by atoms with Crippen molar-refractivity contribution in [3.05, 3.63) is 12.2 Å². The topological polar surface area (TPSA) is 78.9 Å². The first-order chi connectivity index (χ1) is 8.29. The van der Waals surface area contributed by atoms with Crippen molar-refractivity contribution < 1.29 is 9.90 Å². The molecule has 0 aromatic carbocycles. The van der Waals surface area contributed by atoms with Crippen LogP contribution in [0.2, 0.25) is 0 Å². The van der Waals surface area contributed by atoms with Crippen LogP contribution in [0.5, 0.6) is 0 Å². The predicted octanol–water partition coefficient (Wildman–Crippen LogP) is 2.55. The number of aryl methyl sites for hydroxylation is 1. The maximum Gasteiger partial charge on any atom is 0.303 e. The minimum Gasteiger partial charge on any atom is -0.481 e. The van der Waals surface area contributed by atoms with E-state index < -0.39 is 5.97 Å². The number of carboxylic acids is 1. The molecule has 0 aliphatic carbocycles. The third-order valence-corrected chi connectivity index (χ3v) is 2.77. The van der Waals surface area contributed by atoms with E-state index in [0.717, 1.165) is 37.9 Å². The van der Waals surface area contributed by atoms with E-state index >= 15 is 0 Å². The second-order valence-corrected chi connectivity index (χ2v) is 4.30. The molecule has 0 saturated carbocycles. The fourth-order valence-electron chi connectivity index (χ4n) is 1.80. The van der Waals surface area contributed by atoms with Gasteiger partial charge < -0.3 is 5.11 Å². The number of nitrogens with one attached hydrogen (secondary N) is 1. The first kappa shape index (κ1) is 13.7. The zero-order chi connectivity index (χ0) is 12.3. The lowest BCUT2D eigenvalue weighted by Crippen LogP contribution is -1.93. The fourth-order valence-corrected chi connectivity index (χ4v) is 1.80. The molecular formula is C12H21N3O2. The maximum atomic E-state index is 10.3. The Morgan fingerprint density at radius 1 is 1.12 bits per heavy atom. The summed E-state index contributed by atoms with van der Waals surface area (Å²) in [6.07, 6.45) is 10.6. The van der Waals surface area contributed by atoms with Gasteiger partial charge in [-0.2, -0.15) is 5.10 Å². The van der Waals surface area contributed by atoms with Crippen molar-refractivity contribution in [1.82, 2.24) is 15.2 Å². The van der Waals surface area contributed by atoms with E-state index in [2.05, 4.69) is 15.2 Å². The molecule has 0 radical (unpaired) electrons. The second-order valence-electron chi connectivity index (χ2n) is 4.30. The van der Waals surface area contributed by atoms with Gasteiger partial charge in [-0.3, -0.25) is 9.89 Å². The number of aliphatic carboxylic acids is 1. The number of carbonyl (C=O) groups is 1. The molecule has 1 aromatic heterocycles. The van der Waals surface area contributed by atoms with Gasteiger partial charge in [0, 0.05) is 12.8 Å². The highest BCUT2D eigenvalue weighted by Gasteiger charge is 1.97. The van der Waals surface area contributed by atoms with Crippen molar-refractivity contribution in [2.75, 3.05) is 0 Å². The summed E-state index contributed by atoms with van der Waals surface area (Å²) in [5.74, 6) is 0.281. The van der Waals surface area contributed by atoms with Gasteiger partial charge in [0.2, 0.25) is 0 Å². The van der Waals surface area contributed by atoms with E-state index in [-0.39, 0.29) is 0 Å². The zero-order valence-electron chi connectivity index (χ0n) is 10.2. The number of aromatic nitrogens is 3. The van der Waals surface area contributed by atoms with Crippen LogP contribution in [0, 0.1) is 0 Å². The Bertz CT molecular complexity index is 299. The minimum absolute atomic E-state index is 0.311. The first-order valence-electron chi connectivity index (χ1n) is 6.35. The van der Waals surface area contributed by atoms with Crippen LogP contribution in [0.15, 0.2) is 6.33 Å². The van der Waals surface area contributed by atoms with E-state index in [1.54, 1.807) is 0 Å². The van der Waals surface area contributed by atoms with Crippen LogP contribution >= 0.6 is 0 Å². The zero-order valence-corrected chi connectivity index (χ0v) is 10.2. The van der Waals surface area contributed by atoms with E-state index in [9.17, 15) is 4.79 Å². The van der Waals surface area contributed by atoms with Crippen molar-refractivity contribution in [2.45, 2.75) is 57.8 Å². The molecule has 0 aliphatic heterocycles. The Kier molecular flexibility index (Phi) is 7.02. The van der Waals surface area contributed by atoms with Crippen molar-refractivity contribution in [3.8, 4) is 0 Å². The van der Waals surface area contributed by atoms with Gasteiger partial charge in [0.05, 0.1) is 0 Å². The number of unbranched alkanes of at least 4 members (excludes halogenated alkanes) is 6. The lowest BCUT2D eigenvalue weighted by molar-refractivity contribution is -0.137. The van der Waals surface area contributed by atoms with E-state index in [1.807, 2.05) is 0 Å². The van der Waals surface area contributed by atoms with Gasteiger partial charge in [-0.25, -0.2) is 4.98 Å². The smallest absolute Gasteiger partial charge is 0.303 e. The van der Waals surface area contributed by atoms with E-state index in [4.69, 9.17) is 5.11 Å². The summed E-state index contributed by atoms with van der Waals surface area (Å²) in [5, 5.41) is 15.1. The molecule has 0 amide bonds. The quantitative estimate of drug-likeness (QED) is 0.615. The average Bonchev–Trinajstić information content (AvgIpc) is 2.79. The number of H-pyrrole nitrogens is 1. The van der Waals surface area contributed by atoms with Gasteiger partial charge in [-0.15, -0.1) is 0 Å². The van der Waals surface area contributed by atoms with Crippen molar-refractivity contribution in [3.63, 3.8) is 0 Å². The normalized spacial score (nSPS) is 10.6. The molecule has 0 aliphatic rings. The number of hydrogen-bond donors (Lipinski definition) is 2. The van der Waals surface area contributed by atoms with Crippen LogP contribution in [0.1, 0.15) is 57.2 Å². The van der Waals surface area contributed by atoms with Crippen LogP contribution < -0.4 is 0 Å². The largest absolute Gasteiger partial charge is 0.481 e. The monoisotopic (exact) mass is 239 g/mol.